The molecule has 114 valence electrons. The molecule has 0 atom stereocenters. The number of rotatable bonds is 3. The van der Waals surface area contributed by atoms with Crippen molar-refractivity contribution < 1.29 is 0 Å². The van der Waals surface area contributed by atoms with Crippen LogP contribution >= 0.6 is 0 Å². The highest BCUT2D eigenvalue weighted by Gasteiger charge is 2.27. The number of hydrazine groups is 1. The quantitative estimate of drug-likeness (QED) is 0.352. The standard InChI is InChI=1S/C15H29N5/c16-18-15(17-14-4-2-1-3-5-14)20-10-8-19(9-11-20)12-13-6-7-13/h13-14H,1-12,16H2,(H,17,18). The van der Waals surface area contributed by atoms with Crippen LogP contribution in [-0.4, -0.2) is 54.5 Å². The van der Waals surface area contributed by atoms with Crippen LogP contribution in [0.2, 0.25) is 0 Å². The Morgan fingerprint density at radius 1 is 1.00 bits per heavy atom. The Morgan fingerprint density at radius 3 is 2.30 bits per heavy atom. The summed E-state index contributed by atoms with van der Waals surface area (Å²) in [5, 5.41) is 0. The van der Waals surface area contributed by atoms with Crippen LogP contribution in [0, 0.1) is 5.92 Å². The number of aliphatic imine (C=N–C) groups is 1. The Labute approximate surface area is 122 Å². The molecule has 0 unspecified atom stereocenters. The fourth-order valence-corrected chi connectivity index (χ4v) is 3.40. The molecule has 1 heterocycles. The number of nitrogens with one attached hydrogen (secondary N) is 1. The molecule has 0 aromatic carbocycles. The van der Waals surface area contributed by atoms with Gasteiger partial charge in [0.1, 0.15) is 0 Å². The first-order valence-electron chi connectivity index (χ1n) is 8.37. The Kier molecular flexibility index (Phi) is 4.78. The zero-order valence-electron chi connectivity index (χ0n) is 12.6. The van der Waals surface area contributed by atoms with E-state index in [1.165, 1.54) is 51.5 Å². The van der Waals surface area contributed by atoms with E-state index < -0.39 is 0 Å². The average molecular weight is 279 g/mol. The molecule has 3 fully saturated rings. The molecule has 1 saturated heterocycles. The van der Waals surface area contributed by atoms with Gasteiger partial charge in [-0.25, -0.2) is 10.8 Å². The smallest absolute Gasteiger partial charge is 0.208 e. The predicted molar refractivity (Wildman–Crippen MR) is 82.4 cm³/mol. The van der Waals surface area contributed by atoms with Crippen molar-refractivity contribution in [2.24, 2.45) is 16.8 Å². The minimum atomic E-state index is 0.485. The third kappa shape index (κ3) is 3.85. The van der Waals surface area contributed by atoms with E-state index in [1.807, 2.05) is 0 Å². The third-order valence-electron chi connectivity index (χ3n) is 4.89. The van der Waals surface area contributed by atoms with E-state index in [0.29, 0.717) is 6.04 Å². The van der Waals surface area contributed by atoms with E-state index >= 15 is 0 Å². The summed E-state index contributed by atoms with van der Waals surface area (Å²) in [6.07, 6.45) is 9.36. The van der Waals surface area contributed by atoms with Crippen LogP contribution in [0.15, 0.2) is 4.99 Å². The van der Waals surface area contributed by atoms with Crippen LogP contribution < -0.4 is 11.3 Å². The van der Waals surface area contributed by atoms with Crippen molar-refractivity contribution in [2.45, 2.75) is 51.0 Å². The molecule has 0 aromatic heterocycles. The molecular formula is C15H29N5. The van der Waals surface area contributed by atoms with E-state index in [0.717, 1.165) is 38.1 Å². The first kappa shape index (κ1) is 14.1. The lowest BCUT2D eigenvalue weighted by Crippen LogP contribution is -2.54. The number of piperazine rings is 1. The van der Waals surface area contributed by atoms with Gasteiger partial charge in [0, 0.05) is 32.7 Å². The van der Waals surface area contributed by atoms with Gasteiger partial charge < -0.3 is 4.90 Å². The van der Waals surface area contributed by atoms with Gasteiger partial charge in [0.2, 0.25) is 5.96 Å². The minimum Gasteiger partial charge on any atom is -0.339 e. The van der Waals surface area contributed by atoms with E-state index in [-0.39, 0.29) is 0 Å². The van der Waals surface area contributed by atoms with Crippen molar-refractivity contribution >= 4 is 5.96 Å². The molecule has 0 radical (unpaired) electrons. The molecule has 5 heteroatoms. The molecular weight excluding hydrogens is 250 g/mol. The fourth-order valence-electron chi connectivity index (χ4n) is 3.40. The minimum absolute atomic E-state index is 0.485. The number of hydrogen-bond donors (Lipinski definition) is 2. The monoisotopic (exact) mass is 279 g/mol. The molecule has 0 spiro atoms. The highest BCUT2D eigenvalue weighted by molar-refractivity contribution is 5.79. The molecule has 1 aliphatic heterocycles. The summed E-state index contributed by atoms with van der Waals surface area (Å²) in [4.78, 5) is 9.80. The highest BCUT2D eigenvalue weighted by Crippen LogP contribution is 2.30. The maximum atomic E-state index is 5.71. The third-order valence-corrected chi connectivity index (χ3v) is 4.89. The van der Waals surface area contributed by atoms with Crippen LogP contribution in [0.25, 0.3) is 0 Å². The number of guanidine groups is 1. The van der Waals surface area contributed by atoms with E-state index in [9.17, 15) is 0 Å². The molecule has 3 aliphatic rings. The topological polar surface area (TPSA) is 56.9 Å². The molecule has 2 saturated carbocycles. The molecule has 0 bridgehead atoms. The molecule has 3 N–H and O–H groups in total. The van der Waals surface area contributed by atoms with Gasteiger partial charge in [-0.1, -0.05) is 19.3 Å². The van der Waals surface area contributed by atoms with Gasteiger partial charge in [-0.3, -0.25) is 10.3 Å². The number of hydrogen-bond acceptors (Lipinski definition) is 3. The molecule has 0 aromatic rings. The van der Waals surface area contributed by atoms with Gasteiger partial charge in [0.25, 0.3) is 0 Å². The highest BCUT2D eigenvalue weighted by atomic mass is 15.4. The van der Waals surface area contributed by atoms with Crippen molar-refractivity contribution in [3.05, 3.63) is 0 Å². The van der Waals surface area contributed by atoms with Crippen LogP contribution in [-0.2, 0) is 0 Å². The summed E-state index contributed by atoms with van der Waals surface area (Å²) in [6, 6.07) is 0.485. The summed E-state index contributed by atoms with van der Waals surface area (Å²) in [5.41, 5.74) is 2.84. The van der Waals surface area contributed by atoms with E-state index in [4.69, 9.17) is 10.8 Å². The second kappa shape index (κ2) is 6.76. The van der Waals surface area contributed by atoms with Crippen molar-refractivity contribution in [3.63, 3.8) is 0 Å². The lowest BCUT2D eigenvalue weighted by molar-refractivity contribution is 0.173. The number of nitrogens with zero attached hydrogens (tertiary/aromatic N) is 3. The Morgan fingerprint density at radius 2 is 1.70 bits per heavy atom. The Balaban J connectivity index is 1.49. The summed E-state index contributed by atoms with van der Waals surface area (Å²) in [7, 11) is 0. The Hall–Kier alpha value is -0.810. The summed E-state index contributed by atoms with van der Waals surface area (Å²) in [6.45, 7) is 5.73. The van der Waals surface area contributed by atoms with Crippen LogP contribution in [0.1, 0.15) is 44.9 Å². The predicted octanol–water partition coefficient (Wildman–Crippen LogP) is 1.17. The van der Waals surface area contributed by atoms with Gasteiger partial charge in [-0.15, -0.1) is 0 Å². The fraction of sp³-hybridized carbons (Fsp3) is 0.933. The maximum absolute atomic E-state index is 5.71. The Bertz CT molecular complexity index is 325. The largest absolute Gasteiger partial charge is 0.339 e. The summed E-state index contributed by atoms with van der Waals surface area (Å²) >= 11 is 0. The van der Waals surface area contributed by atoms with Crippen LogP contribution in [0.5, 0.6) is 0 Å². The second-order valence-electron chi connectivity index (χ2n) is 6.62. The average Bonchev–Trinajstić information content (AvgIpc) is 3.31. The second-order valence-corrected chi connectivity index (χ2v) is 6.62. The lowest BCUT2D eigenvalue weighted by Gasteiger charge is -2.36. The SMILES string of the molecule is NNC(=NC1CCCCC1)N1CCN(CC2CC2)CC1. The van der Waals surface area contributed by atoms with Crippen molar-refractivity contribution in [1.29, 1.82) is 0 Å². The van der Waals surface area contributed by atoms with Gasteiger partial charge in [0.05, 0.1) is 6.04 Å². The first-order chi connectivity index (χ1) is 9.85. The first-order valence-corrected chi connectivity index (χ1v) is 8.37. The van der Waals surface area contributed by atoms with Gasteiger partial charge in [-0.05, 0) is 31.6 Å². The van der Waals surface area contributed by atoms with Crippen molar-refractivity contribution in [1.82, 2.24) is 15.2 Å². The zero-order valence-corrected chi connectivity index (χ0v) is 12.6. The van der Waals surface area contributed by atoms with E-state index in [2.05, 4.69) is 15.2 Å². The number of nitrogens with two attached hydrogens (primary N) is 1. The summed E-state index contributed by atoms with van der Waals surface area (Å²) in [5.74, 6) is 7.62. The maximum Gasteiger partial charge on any atom is 0.208 e. The molecule has 5 nitrogen and oxygen atoms in total. The van der Waals surface area contributed by atoms with Crippen LogP contribution in [0.3, 0.4) is 0 Å². The normalized spacial score (nSPS) is 26.9. The van der Waals surface area contributed by atoms with Gasteiger partial charge in [0.15, 0.2) is 0 Å². The molecule has 2 aliphatic carbocycles. The van der Waals surface area contributed by atoms with Crippen LogP contribution in [0.4, 0.5) is 0 Å². The molecule has 0 amide bonds. The van der Waals surface area contributed by atoms with Crippen molar-refractivity contribution in [3.8, 4) is 0 Å². The van der Waals surface area contributed by atoms with Crippen molar-refractivity contribution in [2.75, 3.05) is 32.7 Å². The van der Waals surface area contributed by atoms with E-state index in [1.54, 1.807) is 0 Å². The summed E-state index contributed by atoms with van der Waals surface area (Å²) < 4.78 is 0. The molecule has 20 heavy (non-hydrogen) atoms. The molecule has 3 rings (SSSR count). The van der Waals surface area contributed by atoms with Gasteiger partial charge in [-0.2, -0.15) is 0 Å². The zero-order chi connectivity index (χ0) is 13.8. The van der Waals surface area contributed by atoms with Gasteiger partial charge >= 0.3 is 0 Å². The lowest BCUT2D eigenvalue weighted by atomic mass is 9.96.